The lowest BCUT2D eigenvalue weighted by Crippen LogP contribution is -2.29. The molecule has 144 valence electrons. The van der Waals surface area contributed by atoms with Gasteiger partial charge in [-0.05, 0) is 74.5 Å². The number of anilines is 1. The van der Waals surface area contributed by atoms with Gasteiger partial charge in [0.1, 0.15) is 5.82 Å². The van der Waals surface area contributed by atoms with Crippen molar-refractivity contribution >= 4 is 23.2 Å². The molecule has 2 N–H and O–H groups in total. The highest BCUT2D eigenvalue weighted by Gasteiger charge is 2.27. The number of hydrogen-bond acceptors (Lipinski definition) is 3. The van der Waals surface area contributed by atoms with E-state index < -0.39 is 0 Å². The number of carbonyl (C=O) groups is 1. The van der Waals surface area contributed by atoms with Crippen molar-refractivity contribution in [3.05, 3.63) is 76.8 Å². The minimum Gasteiger partial charge on any atom is -0.322 e. The van der Waals surface area contributed by atoms with Crippen molar-refractivity contribution in [2.24, 2.45) is 0 Å². The highest BCUT2D eigenvalue weighted by molar-refractivity contribution is 6.30. The molecule has 0 atom stereocenters. The molecule has 2 aromatic carbocycles. The smallest absolute Gasteiger partial charge is 0.259 e. The Morgan fingerprint density at radius 3 is 2.46 bits per heavy atom. The van der Waals surface area contributed by atoms with Crippen molar-refractivity contribution in [2.45, 2.75) is 18.8 Å². The summed E-state index contributed by atoms with van der Waals surface area (Å²) in [6, 6.07) is 13.1. The first kappa shape index (κ1) is 18.7. The van der Waals surface area contributed by atoms with Gasteiger partial charge < -0.3 is 10.6 Å². The van der Waals surface area contributed by atoms with Gasteiger partial charge in [-0.3, -0.25) is 4.79 Å². The van der Waals surface area contributed by atoms with E-state index in [1.807, 2.05) is 0 Å². The normalized spacial score (nSPS) is 14.8. The van der Waals surface area contributed by atoms with Gasteiger partial charge in [-0.25, -0.2) is 9.07 Å². The van der Waals surface area contributed by atoms with E-state index in [-0.39, 0.29) is 17.6 Å². The Balaban J connectivity index is 1.70. The maximum Gasteiger partial charge on any atom is 0.259 e. The summed E-state index contributed by atoms with van der Waals surface area (Å²) < 4.78 is 15.1. The minimum atomic E-state index is -0.306. The fourth-order valence-electron chi connectivity index (χ4n) is 3.54. The van der Waals surface area contributed by atoms with Gasteiger partial charge in [-0.15, -0.1) is 0 Å². The predicted molar refractivity (Wildman–Crippen MR) is 108 cm³/mol. The summed E-state index contributed by atoms with van der Waals surface area (Å²) in [6.07, 6.45) is 3.41. The lowest BCUT2D eigenvalue weighted by molar-refractivity contribution is 0.102. The van der Waals surface area contributed by atoms with Gasteiger partial charge in [-0.2, -0.15) is 5.10 Å². The van der Waals surface area contributed by atoms with Crippen LogP contribution in [0.3, 0.4) is 0 Å². The Kier molecular flexibility index (Phi) is 5.41. The average Bonchev–Trinajstić information content (AvgIpc) is 3.16. The first-order valence-corrected chi connectivity index (χ1v) is 9.61. The number of benzene rings is 2. The Labute approximate surface area is 167 Å². The fourth-order valence-corrected chi connectivity index (χ4v) is 3.67. The Hall–Kier alpha value is -2.70. The predicted octanol–water partition coefficient (Wildman–Crippen LogP) is 4.38. The number of nitrogens with zero attached hydrogens (tertiary/aromatic N) is 2. The van der Waals surface area contributed by atoms with Gasteiger partial charge in [0.15, 0.2) is 0 Å². The molecule has 1 aliphatic heterocycles. The molecule has 0 spiro atoms. The topological polar surface area (TPSA) is 59.0 Å². The number of aromatic nitrogens is 2. The Bertz CT molecular complexity index is 963. The molecule has 0 aliphatic carbocycles. The fraction of sp³-hybridized carbons (Fsp3) is 0.238. The number of carbonyl (C=O) groups excluding carboxylic acids is 1. The summed E-state index contributed by atoms with van der Waals surface area (Å²) >= 11 is 5.92. The van der Waals surface area contributed by atoms with Crippen LogP contribution in [0.4, 0.5) is 10.1 Å². The largest absolute Gasteiger partial charge is 0.322 e. The third kappa shape index (κ3) is 3.93. The second kappa shape index (κ2) is 8.12. The van der Waals surface area contributed by atoms with Crippen LogP contribution in [0.5, 0.6) is 0 Å². The number of amides is 1. The summed E-state index contributed by atoms with van der Waals surface area (Å²) in [4.78, 5) is 13.0. The summed E-state index contributed by atoms with van der Waals surface area (Å²) in [5.74, 6) is -0.330. The summed E-state index contributed by atoms with van der Waals surface area (Å²) in [6.45, 7) is 1.77. The van der Waals surface area contributed by atoms with Crippen molar-refractivity contribution in [3.63, 3.8) is 0 Å². The van der Waals surface area contributed by atoms with Gasteiger partial charge in [0, 0.05) is 16.6 Å². The molecule has 4 rings (SSSR count). The zero-order valence-electron chi connectivity index (χ0n) is 15.2. The molecule has 7 heteroatoms. The molecule has 1 amide bonds. The molecule has 1 aliphatic rings. The van der Waals surface area contributed by atoms with Gasteiger partial charge >= 0.3 is 0 Å². The van der Waals surface area contributed by atoms with Crippen LogP contribution in [0.1, 0.15) is 34.8 Å². The van der Waals surface area contributed by atoms with E-state index in [0.717, 1.165) is 37.3 Å². The van der Waals surface area contributed by atoms with Crippen LogP contribution in [-0.2, 0) is 0 Å². The van der Waals surface area contributed by atoms with Crippen LogP contribution in [0, 0.1) is 5.82 Å². The van der Waals surface area contributed by atoms with Gasteiger partial charge in [0.2, 0.25) is 0 Å². The van der Waals surface area contributed by atoms with E-state index in [1.165, 1.54) is 12.1 Å². The summed E-state index contributed by atoms with van der Waals surface area (Å²) in [7, 11) is 0. The standard InChI is InChI=1S/C21H20ClFN4O/c22-15-1-5-17(6-2-15)26-21(28)19-13-25-27(18-7-3-16(23)4-8-18)20(19)14-9-11-24-12-10-14/h1-8,13-14,24H,9-12H2,(H,26,28). The lowest BCUT2D eigenvalue weighted by Gasteiger charge is -2.24. The van der Waals surface area contributed by atoms with Gasteiger partial charge in [-0.1, -0.05) is 11.6 Å². The molecule has 0 saturated carbocycles. The van der Waals surface area contributed by atoms with Gasteiger partial charge in [0.25, 0.3) is 5.91 Å². The van der Waals surface area contributed by atoms with E-state index in [9.17, 15) is 9.18 Å². The molecular formula is C21H20ClFN4O. The maximum atomic E-state index is 13.4. The first-order chi connectivity index (χ1) is 13.6. The quantitative estimate of drug-likeness (QED) is 0.685. The highest BCUT2D eigenvalue weighted by atomic mass is 35.5. The highest BCUT2D eigenvalue weighted by Crippen LogP contribution is 2.30. The molecule has 1 aromatic heterocycles. The van der Waals surface area contributed by atoms with Crippen LogP contribution >= 0.6 is 11.6 Å². The van der Waals surface area contributed by atoms with Gasteiger partial charge in [0.05, 0.1) is 23.1 Å². The van der Waals surface area contributed by atoms with Crippen LogP contribution in [-0.4, -0.2) is 28.8 Å². The van der Waals surface area contributed by atoms with Crippen LogP contribution < -0.4 is 10.6 Å². The maximum absolute atomic E-state index is 13.4. The molecule has 0 bridgehead atoms. The Morgan fingerprint density at radius 1 is 1.11 bits per heavy atom. The molecule has 1 saturated heterocycles. The second-order valence-corrected chi connectivity index (χ2v) is 7.25. The van der Waals surface area contributed by atoms with E-state index in [0.29, 0.717) is 16.3 Å². The van der Waals surface area contributed by atoms with Crippen LogP contribution in [0.2, 0.25) is 5.02 Å². The van der Waals surface area contributed by atoms with E-state index >= 15 is 0 Å². The van der Waals surface area contributed by atoms with E-state index in [1.54, 1.807) is 47.3 Å². The second-order valence-electron chi connectivity index (χ2n) is 6.82. The molecule has 3 aromatic rings. The zero-order chi connectivity index (χ0) is 19.5. The molecular weight excluding hydrogens is 379 g/mol. The number of rotatable bonds is 4. The summed E-state index contributed by atoms with van der Waals surface area (Å²) in [5, 5.41) is 11.3. The monoisotopic (exact) mass is 398 g/mol. The number of piperidine rings is 1. The Morgan fingerprint density at radius 2 is 1.79 bits per heavy atom. The van der Waals surface area contributed by atoms with Crippen molar-refractivity contribution < 1.29 is 9.18 Å². The SMILES string of the molecule is O=C(Nc1ccc(Cl)cc1)c1cnn(-c2ccc(F)cc2)c1C1CCNCC1. The number of nitrogens with one attached hydrogen (secondary N) is 2. The number of halogens is 2. The number of hydrogen-bond donors (Lipinski definition) is 2. The first-order valence-electron chi connectivity index (χ1n) is 9.23. The molecule has 5 nitrogen and oxygen atoms in total. The third-order valence-corrected chi connectivity index (χ3v) is 5.20. The van der Waals surface area contributed by atoms with Crippen molar-refractivity contribution in [1.29, 1.82) is 0 Å². The molecule has 0 radical (unpaired) electrons. The minimum absolute atomic E-state index is 0.194. The molecule has 2 heterocycles. The van der Waals surface area contributed by atoms with E-state index in [4.69, 9.17) is 11.6 Å². The zero-order valence-corrected chi connectivity index (χ0v) is 15.9. The third-order valence-electron chi connectivity index (χ3n) is 4.95. The lowest BCUT2D eigenvalue weighted by atomic mass is 9.91. The summed E-state index contributed by atoms with van der Waals surface area (Å²) in [5.41, 5.74) is 2.80. The molecule has 28 heavy (non-hydrogen) atoms. The molecule has 1 fully saturated rings. The van der Waals surface area contributed by atoms with Crippen molar-refractivity contribution in [2.75, 3.05) is 18.4 Å². The average molecular weight is 399 g/mol. The van der Waals surface area contributed by atoms with Crippen molar-refractivity contribution in [3.8, 4) is 5.69 Å². The van der Waals surface area contributed by atoms with Crippen LogP contribution in [0.15, 0.2) is 54.7 Å². The molecule has 0 unspecified atom stereocenters. The van der Waals surface area contributed by atoms with Crippen molar-refractivity contribution in [1.82, 2.24) is 15.1 Å². The van der Waals surface area contributed by atoms with E-state index in [2.05, 4.69) is 15.7 Å². The van der Waals surface area contributed by atoms with Crippen LogP contribution in [0.25, 0.3) is 5.69 Å².